The number of nitrogens with zero attached hydrogens (tertiary/aromatic N) is 3. The zero-order valence-corrected chi connectivity index (χ0v) is 18.8. The molecule has 2 aliphatic rings. The molecule has 1 atom stereocenters. The number of morpholine rings is 1. The van der Waals surface area contributed by atoms with Crippen LogP contribution in [0.2, 0.25) is 0 Å². The lowest BCUT2D eigenvalue weighted by Gasteiger charge is -2.30. The number of aromatic nitrogens is 1. The second-order valence-electron chi connectivity index (χ2n) is 8.10. The molecule has 33 heavy (non-hydrogen) atoms. The maximum Gasteiger partial charge on any atom is 0.295 e. The number of ketones is 1. The lowest BCUT2D eigenvalue weighted by molar-refractivity contribution is -0.140. The Morgan fingerprint density at radius 3 is 2.45 bits per heavy atom. The highest BCUT2D eigenvalue weighted by atomic mass is 16.5. The third-order valence-corrected chi connectivity index (χ3v) is 5.92. The van der Waals surface area contributed by atoms with Crippen molar-refractivity contribution in [2.75, 3.05) is 46.0 Å². The van der Waals surface area contributed by atoms with Crippen LogP contribution in [0.5, 0.6) is 5.75 Å². The van der Waals surface area contributed by atoms with Gasteiger partial charge in [0.2, 0.25) is 0 Å². The number of rotatable bonds is 8. The number of ether oxygens (including phenoxy) is 2. The fourth-order valence-corrected chi connectivity index (χ4v) is 4.16. The zero-order chi connectivity index (χ0) is 23.2. The minimum Gasteiger partial charge on any atom is -0.507 e. The van der Waals surface area contributed by atoms with E-state index < -0.39 is 17.7 Å². The van der Waals surface area contributed by atoms with Crippen molar-refractivity contribution in [3.63, 3.8) is 0 Å². The molecule has 1 aromatic carbocycles. The Kier molecular flexibility index (Phi) is 7.36. The first kappa shape index (κ1) is 22.9. The summed E-state index contributed by atoms with van der Waals surface area (Å²) >= 11 is 0. The van der Waals surface area contributed by atoms with Gasteiger partial charge in [-0.05, 0) is 48.4 Å². The molecule has 0 saturated carbocycles. The number of benzene rings is 1. The Balaban J connectivity index is 1.66. The van der Waals surface area contributed by atoms with E-state index in [0.717, 1.165) is 25.1 Å². The molecule has 2 aromatic rings. The average molecular weight is 452 g/mol. The van der Waals surface area contributed by atoms with Crippen LogP contribution in [0.1, 0.15) is 30.5 Å². The molecule has 2 aliphatic heterocycles. The number of hydrogen-bond donors (Lipinski definition) is 1. The van der Waals surface area contributed by atoms with Crippen LogP contribution in [-0.4, -0.2) is 77.6 Å². The van der Waals surface area contributed by atoms with Gasteiger partial charge in [0.15, 0.2) is 0 Å². The number of aliphatic hydroxyl groups excluding tert-OH is 1. The molecule has 1 amide bonds. The second kappa shape index (κ2) is 10.6. The van der Waals surface area contributed by atoms with Gasteiger partial charge in [0.25, 0.3) is 11.7 Å². The maximum absolute atomic E-state index is 13.1. The molecular formula is C25H29N3O5. The number of Topliss-reactive ketones (excluding diaryl/α,β-unsaturated/α-hetero) is 1. The number of pyridine rings is 1. The standard InChI is InChI=1S/C25H29N3O5/c1-2-15-33-20-5-3-19(4-6-20)23(29)21-22(18-7-9-26-10-8-18)28(25(31)24(21)30)12-11-27-13-16-32-17-14-27/h3-10,22,29H,2,11-17H2,1H3/t22-/m0/s1. The number of hydrogen-bond acceptors (Lipinski definition) is 7. The van der Waals surface area contributed by atoms with E-state index in [2.05, 4.69) is 9.88 Å². The van der Waals surface area contributed by atoms with Crippen molar-refractivity contribution in [1.82, 2.24) is 14.8 Å². The molecule has 8 nitrogen and oxygen atoms in total. The molecule has 2 saturated heterocycles. The van der Waals surface area contributed by atoms with Crippen LogP contribution >= 0.6 is 0 Å². The van der Waals surface area contributed by atoms with Gasteiger partial charge in [0.1, 0.15) is 11.5 Å². The van der Waals surface area contributed by atoms with Crippen molar-refractivity contribution in [2.24, 2.45) is 0 Å². The van der Waals surface area contributed by atoms with Gasteiger partial charge in [-0.2, -0.15) is 0 Å². The van der Waals surface area contributed by atoms with E-state index in [-0.39, 0.29) is 11.3 Å². The molecular weight excluding hydrogens is 422 g/mol. The number of amides is 1. The third-order valence-electron chi connectivity index (χ3n) is 5.92. The highest BCUT2D eigenvalue weighted by Crippen LogP contribution is 2.39. The number of likely N-dealkylation sites (tertiary alicyclic amines) is 1. The first-order chi connectivity index (χ1) is 16.1. The summed E-state index contributed by atoms with van der Waals surface area (Å²) in [5, 5.41) is 11.1. The van der Waals surface area contributed by atoms with Crippen LogP contribution < -0.4 is 4.74 Å². The van der Waals surface area contributed by atoms with Crippen molar-refractivity contribution in [2.45, 2.75) is 19.4 Å². The molecule has 4 rings (SSSR count). The molecule has 3 heterocycles. The molecule has 0 radical (unpaired) electrons. The Hall–Kier alpha value is -3.23. The predicted molar refractivity (Wildman–Crippen MR) is 123 cm³/mol. The van der Waals surface area contributed by atoms with Crippen molar-refractivity contribution < 1.29 is 24.2 Å². The topological polar surface area (TPSA) is 92.2 Å². The number of aliphatic hydroxyl groups is 1. The van der Waals surface area contributed by atoms with E-state index >= 15 is 0 Å². The highest BCUT2D eigenvalue weighted by Gasteiger charge is 2.46. The van der Waals surface area contributed by atoms with Crippen LogP contribution in [-0.2, 0) is 14.3 Å². The number of carbonyl (C=O) groups is 2. The van der Waals surface area contributed by atoms with Crippen molar-refractivity contribution in [3.05, 3.63) is 65.5 Å². The lowest BCUT2D eigenvalue weighted by Crippen LogP contribution is -2.42. The molecule has 0 aliphatic carbocycles. The van der Waals surface area contributed by atoms with Gasteiger partial charge in [0.05, 0.1) is 31.4 Å². The van der Waals surface area contributed by atoms with Gasteiger partial charge in [-0.1, -0.05) is 6.92 Å². The fourth-order valence-electron chi connectivity index (χ4n) is 4.16. The summed E-state index contributed by atoms with van der Waals surface area (Å²) in [6, 6.07) is 9.77. The quantitative estimate of drug-likeness (QED) is 0.375. The van der Waals surface area contributed by atoms with Gasteiger partial charge >= 0.3 is 0 Å². The van der Waals surface area contributed by atoms with Gasteiger partial charge in [-0.15, -0.1) is 0 Å². The second-order valence-corrected chi connectivity index (χ2v) is 8.10. The molecule has 0 spiro atoms. The lowest BCUT2D eigenvalue weighted by atomic mass is 9.96. The van der Waals surface area contributed by atoms with E-state index in [9.17, 15) is 14.7 Å². The molecule has 8 heteroatoms. The summed E-state index contributed by atoms with van der Waals surface area (Å²) in [4.78, 5) is 33.9. The van der Waals surface area contributed by atoms with E-state index in [1.165, 1.54) is 0 Å². The maximum atomic E-state index is 13.1. The van der Waals surface area contributed by atoms with Gasteiger partial charge in [0, 0.05) is 44.1 Å². The van der Waals surface area contributed by atoms with E-state index in [4.69, 9.17) is 9.47 Å². The zero-order valence-electron chi connectivity index (χ0n) is 18.8. The smallest absolute Gasteiger partial charge is 0.295 e. The normalized spacial score (nSPS) is 20.9. The molecule has 174 valence electrons. The molecule has 0 bridgehead atoms. The third kappa shape index (κ3) is 5.07. The minimum absolute atomic E-state index is 0.0930. The molecule has 1 N–H and O–H groups in total. The van der Waals surface area contributed by atoms with Crippen LogP contribution in [0.4, 0.5) is 0 Å². The van der Waals surface area contributed by atoms with Crippen molar-refractivity contribution in [1.29, 1.82) is 0 Å². The summed E-state index contributed by atoms with van der Waals surface area (Å²) in [6.07, 6.45) is 4.14. The molecule has 1 aromatic heterocycles. The molecule has 0 unspecified atom stereocenters. The Morgan fingerprint density at radius 2 is 1.79 bits per heavy atom. The Labute approximate surface area is 193 Å². The number of carbonyl (C=O) groups excluding carboxylic acids is 2. The van der Waals surface area contributed by atoms with Crippen molar-refractivity contribution >= 4 is 17.4 Å². The van der Waals surface area contributed by atoms with Gasteiger partial charge < -0.3 is 19.5 Å². The average Bonchev–Trinajstić information content (AvgIpc) is 3.12. The SMILES string of the molecule is CCCOc1ccc(C(O)=C2C(=O)C(=O)N(CCN3CCOCC3)[C@H]2c2ccncc2)cc1. The Bertz CT molecular complexity index is 1000. The van der Waals surface area contributed by atoms with E-state index in [0.29, 0.717) is 44.2 Å². The highest BCUT2D eigenvalue weighted by molar-refractivity contribution is 6.46. The van der Waals surface area contributed by atoms with Crippen LogP contribution in [0.15, 0.2) is 54.4 Å². The fraction of sp³-hybridized carbons (Fsp3) is 0.400. The largest absolute Gasteiger partial charge is 0.507 e. The minimum atomic E-state index is -0.678. The Morgan fingerprint density at radius 1 is 1.09 bits per heavy atom. The summed E-state index contributed by atoms with van der Waals surface area (Å²) in [5.41, 5.74) is 1.29. The van der Waals surface area contributed by atoms with E-state index in [1.54, 1.807) is 53.7 Å². The summed E-state index contributed by atoms with van der Waals surface area (Å²) < 4.78 is 11.0. The molecule has 2 fully saturated rings. The summed E-state index contributed by atoms with van der Waals surface area (Å²) in [5.74, 6) is -0.784. The summed E-state index contributed by atoms with van der Waals surface area (Å²) in [7, 11) is 0. The van der Waals surface area contributed by atoms with Crippen LogP contribution in [0.25, 0.3) is 5.76 Å². The monoisotopic (exact) mass is 451 g/mol. The van der Waals surface area contributed by atoms with E-state index in [1.807, 2.05) is 6.92 Å². The predicted octanol–water partition coefficient (Wildman–Crippen LogP) is 2.62. The van der Waals surface area contributed by atoms with Gasteiger partial charge in [-0.25, -0.2) is 0 Å². The first-order valence-corrected chi connectivity index (χ1v) is 11.3. The van der Waals surface area contributed by atoms with Crippen molar-refractivity contribution in [3.8, 4) is 5.75 Å². The van der Waals surface area contributed by atoms with Crippen LogP contribution in [0, 0.1) is 0 Å². The van der Waals surface area contributed by atoms with Crippen LogP contribution in [0.3, 0.4) is 0 Å². The summed E-state index contributed by atoms with van der Waals surface area (Å²) in [6.45, 7) is 6.51. The first-order valence-electron chi connectivity index (χ1n) is 11.3. The van der Waals surface area contributed by atoms with Gasteiger partial charge in [-0.3, -0.25) is 19.5 Å².